The van der Waals surface area contributed by atoms with Gasteiger partial charge in [-0.3, -0.25) is 0 Å². The van der Waals surface area contributed by atoms with Crippen LogP contribution in [0.2, 0.25) is 0 Å². The Balaban J connectivity index is 1.86. The molecule has 2 rings (SSSR count). The fourth-order valence-corrected chi connectivity index (χ4v) is 1.75. The van der Waals surface area contributed by atoms with Crippen molar-refractivity contribution in [3.63, 3.8) is 0 Å². The number of carbonyl (C=O) groups is 1. The average Bonchev–Trinajstić information content (AvgIpc) is 2.48. The summed E-state index contributed by atoms with van der Waals surface area (Å²) < 4.78 is 26.1. The normalized spacial score (nSPS) is 11.8. The molecule has 0 spiro atoms. The maximum absolute atomic E-state index is 13.4. The third kappa shape index (κ3) is 4.25. The van der Waals surface area contributed by atoms with Crippen LogP contribution in [0.4, 0.5) is 19.3 Å². The van der Waals surface area contributed by atoms with Crippen LogP contribution in [-0.2, 0) is 0 Å². The highest BCUT2D eigenvalue weighted by Gasteiger charge is 2.13. The first-order valence-electron chi connectivity index (χ1n) is 6.29. The van der Waals surface area contributed by atoms with Crippen LogP contribution in [-0.4, -0.2) is 17.7 Å². The molecular formula is C15H14F2N2O2. The molecule has 0 saturated heterocycles. The first-order valence-corrected chi connectivity index (χ1v) is 6.29. The van der Waals surface area contributed by atoms with Gasteiger partial charge in [-0.1, -0.05) is 18.2 Å². The molecule has 0 unspecified atom stereocenters. The molecule has 110 valence electrons. The van der Waals surface area contributed by atoms with Crippen molar-refractivity contribution in [3.05, 3.63) is 65.7 Å². The van der Waals surface area contributed by atoms with E-state index in [1.165, 1.54) is 42.5 Å². The molecule has 0 bridgehead atoms. The van der Waals surface area contributed by atoms with Crippen molar-refractivity contribution >= 4 is 11.7 Å². The van der Waals surface area contributed by atoms with Crippen molar-refractivity contribution in [1.82, 2.24) is 5.32 Å². The van der Waals surface area contributed by atoms with Crippen LogP contribution in [0, 0.1) is 11.6 Å². The topological polar surface area (TPSA) is 61.4 Å². The number of carbonyl (C=O) groups excluding carboxylic acids is 1. The minimum absolute atomic E-state index is 0.111. The average molecular weight is 292 g/mol. The van der Waals surface area contributed by atoms with Gasteiger partial charge in [0.2, 0.25) is 0 Å². The summed E-state index contributed by atoms with van der Waals surface area (Å²) in [5, 5.41) is 14.7. The summed E-state index contributed by atoms with van der Waals surface area (Å²) in [5.74, 6) is -0.943. The van der Waals surface area contributed by atoms with E-state index < -0.39 is 23.8 Å². The molecule has 2 aromatic carbocycles. The molecule has 0 aliphatic rings. The quantitative estimate of drug-likeness (QED) is 0.811. The highest BCUT2D eigenvalue weighted by Crippen LogP contribution is 2.15. The van der Waals surface area contributed by atoms with Gasteiger partial charge in [-0.25, -0.2) is 13.6 Å². The second-order valence-corrected chi connectivity index (χ2v) is 4.38. The number of nitrogens with one attached hydrogen (secondary N) is 2. The Bertz CT molecular complexity index is 617. The zero-order chi connectivity index (χ0) is 15.2. The molecule has 6 heteroatoms. The Morgan fingerprint density at radius 1 is 1.10 bits per heavy atom. The summed E-state index contributed by atoms with van der Waals surface area (Å²) >= 11 is 0. The van der Waals surface area contributed by atoms with Crippen LogP contribution in [0.3, 0.4) is 0 Å². The molecular weight excluding hydrogens is 278 g/mol. The van der Waals surface area contributed by atoms with Gasteiger partial charge in [0.1, 0.15) is 11.6 Å². The lowest BCUT2D eigenvalue weighted by Crippen LogP contribution is -2.32. The molecule has 4 nitrogen and oxygen atoms in total. The molecule has 0 heterocycles. The second-order valence-electron chi connectivity index (χ2n) is 4.38. The van der Waals surface area contributed by atoms with Crippen LogP contribution in [0.5, 0.6) is 0 Å². The van der Waals surface area contributed by atoms with Crippen molar-refractivity contribution in [3.8, 4) is 0 Å². The zero-order valence-corrected chi connectivity index (χ0v) is 11.0. The van der Waals surface area contributed by atoms with Gasteiger partial charge in [-0.05, 0) is 30.3 Å². The molecule has 0 aromatic heterocycles. The monoisotopic (exact) mass is 292 g/mol. The van der Waals surface area contributed by atoms with Gasteiger partial charge >= 0.3 is 6.03 Å². The Morgan fingerprint density at radius 3 is 2.43 bits per heavy atom. The second kappa shape index (κ2) is 6.81. The Labute approximate surface area is 120 Å². The molecule has 0 fully saturated rings. The largest absolute Gasteiger partial charge is 0.386 e. The van der Waals surface area contributed by atoms with Crippen molar-refractivity contribution in [2.24, 2.45) is 0 Å². The van der Waals surface area contributed by atoms with E-state index in [2.05, 4.69) is 10.6 Å². The van der Waals surface area contributed by atoms with Gasteiger partial charge in [0.05, 0.1) is 6.10 Å². The number of aliphatic hydroxyl groups is 1. The molecule has 21 heavy (non-hydrogen) atoms. The van der Waals surface area contributed by atoms with Crippen LogP contribution in [0.15, 0.2) is 48.5 Å². The number of halogens is 2. The highest BCUT2D eigenvalue weighted by molar-refractivity contribution is 5.89. The van der Waals surface area contributed by atoms with E-state index in [1.807, 2.05) is 0 Å². The molecule has 0 radical (unpaired) electrons. The van der Waals surface area contributed by atoms with Gasteiger partial charge in [0, 0.05) is 17.8 Å². The highest BCUT2D eigenvalue weighted by atomic mass is 19.1. The maximum Gasteiger partial charge on any atom is 0.319 e. The van der Waals surface area contributed by atoms with Gasteiger partial charge in [-0.15, -0.1) is 0 Å². The summed E-state index contributed by atoms with van der Waals surface area (Å²) in [6.45, 7) is -0.145. The predicted octanol–water partition coefficient (Wildman–Crippen LogP) is 2.82. The smallest absolute Gasteiger partial charge is 0.319 e. The van der Waals surface area contributed by atoms with E-state index in [0.717, 1.165) is 0 Å². The lowest BCUT2D eigenvalue weighted by molar-refractivity contribution is 0.170. The summed E-state index contributed by atoms with van der Waals surface area (Å²) in [6.07, 6.45) is -1.15. The predicted molar refractivity (Wildman–Crippen MR) is 74.8 cm³/mol. The van der Waals surface area contributed by atoms with Gasteiger partial charge in [0.15, 0.2) is 0 Å². The van der Waals surface area contributed by atoms with E-state index in [9.17, 15) is 18.7 Å². The van der Waals surface area contributed by atoms with Gasteiger partial charge in [0.25, 0.3) is 0 Å². The van der Waals surface area contributed by atoms with Crippen molar-refractivity contribution in [1.29, 1.82) is 0 Å². The lowest BCUT2D eigenvalue weighted by atomic mass is 10.1. The number of rotatable bonds is 4. The Hall–Kier alpha value is -2.47. The molecule has 2 amide bonds. The number of benzene rings is 2. The van der Waals surface area contributed by atoms with Crippen LogP contribution >= 0.6 is 0 Å². The SMILES string of the molecule is O=C(NC[C@@H](O)c1ccccc1F)Nc1ccc(F)cc1. The zero-order valence-electron chi connectivity index (χ0n) is 11.0. The van der Waals surface area contributed by atoms with E-state index in [1.54, 1.807) is 6.07 Å². The van der Waals surface area contributed by atoms with Crippen LogP contribution < -0.4 is 10.6 Å². The number of anilines is 1. The Morgan fingerprint density at radius 2 is 1.76 bits per heavy atom. The number of amides is 2. The molecule has 0 aliphatic carbocycles. The molecule has 0 saturated carbocycles. The minimum atomic E-state index is -1.15. The van der Waals surface area contributed by atoms with Crippen molar-refractivity contribution < 1.29 is 18.7 Å². The van der Waals surface area contributed by atoms with Crippen LogP contribution in [0.25, 0.3) is 0 Å². The third-order valence-corrected chi connectivity index (χ3v) is 2.82. The van der Waals surface area contributed by atoms with Crippen LogP contribution in [0.1, 0.15) is 11.7 Å². The van der Waals surface area contributed by atoms with Gasteiger partial charge < -0.3 is 15.7 Å². The molecule has 2 aromatic rings. The number of aliphatic hydroxyl groups excluding tert-OH is 1. The minimum Gasteiger partial charge on any atom is -0.386 e. The maximum atomic E-state index is 13.4. The third-order valence-electron chi connectivity index (χ3n) is 2.82. The standard InChI is InChI=1S/C15H14F2N2O2/c16-10-5-7-11(8-6-10)19-15(21)18-9-14(20)12-3-1-2-4-13(12)17/h1-8,14,20H,9H2,(H2,18,19,21)/t14-/m1/s1. The summed E-state index contributed by atoms with van der Waals surface area (Å²) in [4.78, 5) is 11.6. The van der Waals surface area contributed by atoms with E-state index >= 15 is 0 Å². The molecule has 3 N–H and O–H groups in total. The van der Waals surface area contributed by atoms with Crippen molar-refractivity contribution in [2.75, 3.05) is 11.9 Å². The summed E-state index contributed by atoms with van der Waals surface area (Å²) in [5.41, 5.74) is 0.522. The number of hydrogen-bond donors (Lipinski definition) is 3. The summed E-state index contributed by atoms with van der Waals surface area (Å²) in [7, 11) is 0. The summed E-state index contributed by atoms with van der Waals surface area (Å²) in [6, 6.07) is 10.5. The fourth-order valence-electron chi connectivity index (χ4n) is 1.75. The van der Waals surface area contributed by atoms with E-state index in [-0.39, 0.29) is 12.1 Å². The van der Waals surface area contributed by atoms with Crippen molar-refractivity contribution in [2.45, 2.75) is 6.10 Å². The van der Waals surface area contributed by atoms with E-state index in [4.69, 9.17) is 0 Å². The number of urea groups is 1. The molecule has 0 aliphatic heterocycles. The first kappa shape index (κ1) is 14.9. The lowest BCUT2D eigenvalue weighted by Gasteiger charge is -2.13. The fraction of sp³-hybridized carbons (Fsp3) is 0.133. The molecule has 1 atom stereocenters. The number of hydrogen-bond acceptors (Lipinski definition) is 2. The first-order chi connectivity index (χ1) is 10.1. The van der Waals surface area contributed by atoms with E-state index in [0.29, 0.717) is 5.69 Å². The van der Waals surface area contributed by atoms with Gasteiger partial charge in [-0.2, -0.15) is 0 Å². The Kier molecular flexibility index (Phi) is 4.84.